The fourth-order valence-electron chi connectivity index (χ4n) is 1.26. The van der Waals surface area contributed by atoms with Gasteiger partial charge in [0.15, 0.2) is 1.41 Å². The summed E-state index contributed by atoms with van der Waals surface area (Å²) in [6.45, 7) is 0. The molecule has 0 atom stereocenters. The summed E-state index contributed by atoms with van der Waals surface area (Å²) in [4.78, 5) is 11.7. The molecule has 0 bridgehead atoms. The van der Waals surface area contributed by atoms with Crippen LogP contribution in [0.2, 0.25) is 1.41 Å². The topological polar surface area (TPSA) is 29.1 Å². The van der Waals surface area contributed by atoms with Crippen LogP contribution in [-0.4, -0.2) is 0 Å². The molecule has 2 nitrogen and oxygen atoms in total. The predicted molar refractivity (Wildman–Crippen MR) is 62.4 cm³/mol. The van der Waals surface area contributed by atoms with Crippen LogP contribution in [0.3, 0.4) is 0 Å². The van der Waals surface area contributed by atoms with Crippen molar-refractivity contribution in [2.75, 3.05) is 5.31 Å². The van der Waals surface area contributed by atoms with Crippen LogP contribution < -0.4 is 10.7 Å². The average molecular weight is 199 g/mol. The van der Waals surface area contributed by atoms with E-state index in [1.807, 2.05) is 18.2 Å². The summed E-state index contributed by atoms with van der Waals surface area (Å²) in [7, 11) is 0. The zero-order valence-electron chi connectivity index (χ0n) is 9.13. The number of para-hydroxylation sites is 1. The lowest BCUT2D eigenvalue weighted by molar-refractivity contribution is 1.53. The summed E-state index contributed by atoms with van der Waals surface area (Å²) in [6, 6.07) is 17.4. The maximum Gasteiger partial charge on any atom is 0.201 e. The van der Waals surface area contributed by atoms with Gasteiger partial charge in [0, 0.05) is 5.69 Å². The molecule has 2 aromatic carbocycles. The molecule has 0 aliphatic carbocycles. The van der Waals surface area contributed by atoms with Gasteiger partial charge in [0.05, 0.1) is 5.69 Å². The van der Waals surface area contributed by atoms with E-state index >= 15 is 0 Å². The number of nitrogens with one attached hydrogen (secondary N) is 1. The number of hydrogen-bond donors (Lipinski definition) is 1. The van der Waals surface area contributed by atoms with E-state index in [1.165, 1.54) is 6.07 Å². The zero-order valence-corrected chi connectivity index (χ0v) is 8.13. The lowest BCUT2D eigenvalue weighted by Crippen LogP contribution is -2.03. The first kappa shape index (κ1) is 8.24. The van der Waals surface area contributed by atoms with Crippen LogP contribution in [0.25, 0.3) is 0 Å². The molecule has 0 heterocycles. The van der Waals surface area contributed by atoms with Gasteiger partial charge in [-0.25, -0.2) is 0 Å². The van der Waals surface area contributed by atoms with Crippen molar-refractivity contribution in [1.82, 2.24) is 0 Å². The SMILES string of the molecule is [2H][15N](c1ccccc1)c1cccccc1=O. The van der Waals surface area contributed by atoms with E-state index in [-0.39, 0.29) is 5.43 Å². The number of rotatable bonds is 2. The maximum atomic E-state index is 11.7. The molecule has 2 heteroatoms. The second-order valence-corrected chi connectivity index (χ2v) is 3.11. The van der Waals surface area contributed by atoms with Gasteiger partial charge < -0.3 is 5.31 Å². The minimum atomic E-state index is -0.163. The Morgan fingerprint density at radius 3 is 2.20 bits per heavy atom. The Kier molecular flexibility index (Phi) is 2.43. The molecule has 2 aromatic rings. The van der Waals surface area contributed by atoms with E-state index in [1.54, 1.807) is 36.4 Å². The quantitative estimate of drug-likeness (QED) is 0.753. The first-order valence-electron chi connectivity index (χ1n) is 5.17. The van der Waals surface area contributed by atoms with Crippen LogP contribution in [0.15, 0.2) is 65.5 Å². The van der Waals surface area contributed by atoms with Crippen LogP contribution in [0.5, 0.6) is 0 Å². The lowest BCUT2D eigenvalue weighted by Gasteiger charge is -2.02. The molecule has 0 aliphatic rings. The Labute approximate surface area is 89.7 Å². The highest BCUT2D eigenvalue weighted by Crippen LogP contribution is 2.10. The van der Waals surface area contributed by atoms with Crippen molar-refractivity contribution in [3.63, 3.8) is 0 Å². The fraction of sp³-hybridized carbons (Fsp3) is 0. The average Bonchev–Trinajstić information content (AvgIpc) is 2.54. The molecule has 0 amide bonds. The van der Waals surface area contributed by atoms with E-state index in [4.69, 9.17) is 1.41 Å². The molecule has 15 heavy (non-hydrogen) atoms. The summed E-state index contributed by atoms with van der Waals surface area (Å²) in [5.74, 6) is 0. The Hall–Kier alpha value is -2.09. The predicted octanol–water partition coefficient (Wildman–Crippen LogP) is 2.79. The molecule has 0 spiro atoms. The van der Waals surface area contributed by atoms with Gasteiger partial charge in [-0.1, -0.05) is 36.4 Å². The maximum absolute atomic E-state index is 11.7. The van der Waals surface area contributed by atoms with E-state index in [0.29, 0.717) is 11.4 Å². The summed E-state index contributed by atoms with van der Waals surface area (Å²) >= 11 is 0. The van der Waals surface area contributed by atoms with Crippen molar-refractivity contribution in [3.8, 4) is 0 Å². The van der Waals surface area contributed by atoms with E-state index < -0.39 is 0 Å². The van der Waals surface area contributed by atoms with Gasteiger partial charge >= 0.3 is 0 Å². The fourth-order valence-corrected chi connectivity index (χ4v) is 1.26. The van der Waals surface area contributed by atoms with Crippen molar-refractivity contribution >= 4 is 11.4 Å². The second-order valence-electron chi connectivity index (χ2n) is 3.11. The van der Waals surface area contributed by atoms with Crippen LogP contribution in [0.4, 0.5) is 11.4 Å². The molecule has 0 aromatic heterocycles. The normalized spacial score (nSPS) is 10.5. The van der Waals surface area contributed by atoms with E-state index in [9.17, 15) is 4.79 Å². The number of anilines is 2. The molecule has 74 valence electrons. The monoisotopic (exact) mass is 199 g/mol. The molecular formula is C13H11NO. The van der Waals surface area contributed by atoms with Gasteiger partial charge in [0.25, 0.3) is 0 Å². The van der Waals surface area contributed by atoms with Gasteiger partial charge in [-0.15, -0.1) is 0 Å². The molecule has 1 N–H and O–H groups in total. The van der Waals surface area contributed by atoms with Gasteiger partial charge in [-0.2, -0.15) is 0 Å². The molecule has 0 saturated carbocycles. The largest absolute Gasteiger partial charge is 0.352 e. The lowest BCUT2D eigenvalue weighted by atomic mass is 10.3. The molecular weight excluding hydrogens is 187 g/mol. The Morgan fingerprint density at radius 2 is 1.47 bits per heavy atom. The highest BCUT2D eigenvalue weighted by Gasteiger charge is 1.95. The third-order valence-electron chi connectivity index (χ3n) is 1.98. The zero-order chi connectivity index (χ0) is 11.4. The highest BCUT2D eigenvalue weighted by atomic mass is 16.1. The van der Waals surface area contributed by atoms with E-state index in [0.717, 1.165) is 5.31 Å². The van der Waals surface area contributed by atoms with E-state index in [2.05, 4.69) is 0 Å². The Morgan fingerprint density at radius 1 is 0.867 bits per heavy atom. The van der Waals surface area contributed by atoms with Crippen molar-refractivity contribution in [1.29, 1.82) is 0 Å². The second kappa shape index (κ2) is 4.42. The van der Waals surface area contributed by atoms with Crippen molar-refractivity contribution in [2.45, 2.75) is 0 Å². The third kappa shape index (κ3) is 2.44. The van der Waals surface area contributed by atoms with Gasteiger partial charge in [-0.3, -0.25) is 4.79 Å². The number of benzene rings is 1. The van der Waals surface area contributed by atoms with Gasteiger partial charge in [0.2, 0.25) is 5.43 Å². The molecule has 0 fully saturated rings. The summed E-state index contributed by atoms with van der Waals surface area (Å²) < 4.78 is 7.91. The van der Waals surface area contributed by atoms with Gasteiger partial charge in [-0.05, 0) is 24.3 Å². The van der Waals surface area contributed by atoms with Crippen molar-refractivity contribution < 1.29 is 1.41 Å². The number of hydrogen-bond acceptors (Lipinski definition) is 2. The minimum absolute atomic E-state index is 0.163. The molecule has 0 saturated heterocycles. The molecule has 2 rings (SSSR count). The van der Waals surface area contributed by atoms with Crippen molar-refractivity contribution in [2.24, 2.45) is 0 Å². The Bertz CT molecular complexity index is 527. The van der Waals surface area contributed by atoms with Crippen LogP contribution in [-0.2, 0) is 0 Å². The van der Waals surface area contributed by atoms with Crippen LogP contribution >= 0.6 is 0 Å². The molecule has 0 unspecified atom stereocenters. The first-order chi connectivity index (χ1) is 7.79. The minimum Gasteiger partial charge on any atom is -0.352 e. The Balaban J connectivity index is 2.47. The summed E-state index contributed by atoms with van der Waals surface area (Å²) in [6.07, 6.45) is 0. The third-order valence-corrected chi connectivity index (χ3v) is 1.98. The standard InChI is InChI=1S/C13H11NO/c15-13-10-6-2-5-9-12(13)14-11-7-3-1-4-8-11/h1-10H,(H,14,15)/i14+1/hD. The van der Waals surface area contributed by atoms with Crippen LogP contribution in [0.1, 0.15) is 0 Å². The summed E-state index contributed by atoms with van der Waals surface area (Å²) in [5, 5.41) is 1.14. The smallest absolute Gasteiger partial charge is 0.201 e. The van der Waals surface area contributed by atoms with Crippen molar-refractivity contribution in [3.05, 3.63) is 70.9 Å². The summed E-state index contributed by atoms with van der Waals surface area (Å²) in [5.41, 5.74) is 0.853. The molecule has 0 radical (unpaired) electrons. The highest BCUT2D eigenvalue weighted by molar-refractivity contribution is 5.58. The molecule has 0 aliphatic heterocycles. The van der Waals surface area contributed by atoms with Crippen LogP contribution in [0, 0.1) is 0 Å². The van der Waals surface area contributed by atoms with Gasteiger partial charge in [0.1, 0.15) is 0 Å². The first-order valence-corrected chi connectivity index (χ1v) is 4.72.